The monoisotopic (exact) mass is 256 g/mol. The quantitative estimate of drug-likeness (QED) is 0.385. The first-order valence-electron chi connectivity index (χ1n) is 7.74. The fourth-order valence-electron chi connectivity index (χ4n) is 1.84. The molecule has 0 saturated carbocycles. The maximum absolute atomic E-state index is 11.4. The minimum Gasteiger partial charge on any atom is -0.465 e. The largest absolute Gasteiger partial charge is 0.465 e. The Morgan fingerprint density at radius 3 is 2.06 bits per heavy atom. The SMILES string of the molecule is CCC(C)C(=O)OCCCCCCCCC(C)C. The van der Waals surface area contributed by atoms with Gasteiger partial charge in [0.1, 0.15) is 0 Å². The number of hydrogen-bond donors (Lipinski definition) is 0. The van der Waals surface area contributed by atoms with E-state index in [2.05, 4.69) is 13.8 Å². The second-order valence-electron chi connectivity index (χ2n) is 5.78. The first-order chi connectivity index (χ1) is 8.57. The smallest absolute Gasteiger partial charge is 0.308 e. The molecule has 0 radical (unpaired) electrons. The molecular formula is C16H32O2. The van der Waals surface area contributed by atoms with Crippen molar-refractivity contribution in [3.63, 3.8) is 0 Å². The lowest BCUT2D eigenvalue weighted by atomic mass is 10.0. The van der Waals surface area contributed by atoms with Gasteiger partial charge in [-0.05, 0) is 18.8 Å². The molecule has 0 aromatic carbocycles. The fourth-order valence-corrected chi connectivity index (χ4v) is 1.84. The highest BCUT2D eigenvalue weighted by molar-refractivity contribution is 5.71. The predicted octanol–water partition coefficient (Wildman–Crippen LogP) is 4.96. The molecule has 2 heteroatoms. The van der Waals surface area contributed by atoms with Crippen LogP contribution in [0, 0.1) is 11.8 Å². The highest BCUT2D eigenvalue weighted by Crippen LogP contribution is 2.11. The molecule has 0 N–H and O–H groups in total. The van der Waals surface area contributed by atoms with Gasteiger partial charge in [-0.15, -0.1) is 0 Å². The Morgan fingerprint density at radius 1 is 0.944 bits per heavy atom. The summed E-state index contributed by atoms with van der Waals surface area (Å²) in [6.45, 7) is 9.12. The predicted molar refractivity (Wildman–Crippen MR) is 77.6 cm³/mol. The molecule has 108 valence electrons. The van der Waals surface area contributed by atoms with Crippen molar-refractivity contribution in [2.24, 2.45) is 11.8 Å². The molecule has 1 unspecified atom stereocenters. The Kier molecular flexibility index (Phi) is 11.2. The summed E-state index contributed by atoms with van der Waals surface area (Å²) >= 11 is 0. The maximum Gasteiger partial charge on any atom is 0.308 e. The van der Waals surface area contributed by atoms with Gasteiger partial charge in [0, 0.05) is 0 Å². The van der Waals surface area contributed by atoms with Crippen LogP contribution < -0.4 is 0 Å². The van der Waals surface area contributed by atoms with Crippen LogP contribution in [0.2, 0.25) is 0 Å². The molecule has 0 saturated heterocycles. The van der Waals surface area contributed by atoms with Gasteiger partial charge in [-0.3, -0.25) is 4.79 Å². The highest BCUT2D eigenvalue weighted by Gasteiger charge is 2.10. The molecule has 0 fully saturated rings. The van der Waals surface area contributed by atoms with Crippen LogP contribution in [0.5, 0.6) is 0 Å². The van der Waals surface area contributed by atoms with Crippen LogP contribution in [0.25, 0.3) is 0 Å². The van der Waals surface area contributed by atoms with Crippen LogP contribution in [0.4, 0.5) is 0 Å². The third-order valence-corrected chi connectivity index (χ3v) is 3.43. The van der Waals surface area contributed by atoms with Gasteiger partial charge >= 0.3 is 5.97 Å². The zero-order valence-corrected chi connectivity index (χ0v) is 12.8. The van der Waals surface area contributed by atoms with E-state index in [9.17, 15) is 4.79 Å². The number of hydrogen-bond acceptors (Lipinski definition) is 2. The molecule has 1 atom stereocenters. The summed E-state index contributed by atoms with van der Waals surface area (Å²) in [4.78, 5) is 11.4. The van der Waals surface area contributed by atoms with Crippen LogP contribution in [0.3, 0.4) is 0 Å². The zero-order chi connectivity index (χ0) is 13.8. The number of rotatable bonds is 11. The van der Waals surface area contributed by atoms with Crippen molar-refractivity contribution in [2.45, 2.75) is 79.1 Å². The second-order valence-corrected chi connectivity index (χ2v) is 5.78. The van der Waals surface area contributed by atoms with E-state index in [-0.39, 0.29) is 11.9 Å². The summed E-state index contributed by atoms with van der Waals surface area (Å²) in [6.07, 6.45) is 9.75. The Labute approximate surface area is 113 Å². The van der Waals surface area contributed by atoms with Gasteiger partial charge in [-0.1, -0.05) is 66.2 Å². The molecule has 0 aliphatic heterocycles. The molecule has 0 bridgehead atoms. The lowest BCUT2D eigenvalue weighted by Crippen LogP contribution is -2.14. The van der Waals surface area contributed by atoms with E-state index in [1.807, 2.05) is 13.8 Å². The third-order valence-electron chi connectivity index (χ3n) is 3.43. The molecule has 0 aromatic heterocycles. The Bertz CT molecular complexity index is 199. The van der Waals surface area contributed by atoms with Gasteiger partial charge in [-0.25, -0.2) is 0 Å². The van der Waals surface area contributed by atoms with Gasteiger partial charge in [0.2, 0.25) is 0 Å². The van der Waals surface area contributed by atoms with Crippen molar-refractivity contribution in [1.82, 2.24) is 0 Å². The lowest BCUT2D eigenvalue weighted by Gasteiger charge is -2.09. The molecular weight excluding hydrogens is 224 g/mol. The minimum absolute atomic E-state index is 0.0329. The van der Waals surface area contributed by atoms with Crippen LogP contribution >= 0.6 is 0 Å². The van der Waals surface area contributed by atoms with Crippen LogP contribution in [0.15, 0.2) is 0 Å². The lowest BCUT2D eigenvalue weighted by molar-refractivity contribution is -0.148. The van der Waals surface area contributed by atoms with Crippen molar-refractivity contribution < 1.29 is 9.53 Å². The highest BCUT2D eigenvalue weighted by atomic mass is 16.5. The number of carbonyl (C=O) groups excluding carboxylic acids is 1. The van der Waals surface area contributed by atoms with Gasteiger partial charge in [0.25, 0.3) is 0 Å². The van der Waals surface area contributed by atoms with Crippen molar-refractivity contribution in [3.8, 4) is 0 Å². The zero-order valence-electron chi connectivity index (χ0n) is 12.8. The maximum atomic E-state index is 11.4. The topological polar surface area (TPSA) is 26.3 Å². The summed E-state index contributed by atoms with van der Waals surface area (Å²) in [5, 5.41) is 0. The number of unbranched alkanes of at least 4 members (excludes halogenated alkanes) is 5. The number of esters is 1. The number of carbonyl (C=O) groups is 1. The fraction of sp³-hybridized carbons (Fsp3) is 0.938. The third kappa shape index (κ3) is 10.6. The molecule has 18 heavy (non-hydrogen) atoms. The van der Waals surface area contributed by atoms with Gasteiger partial charge in [-0.2, -0.15) is 0 Å². The van der Waals surface area contributed by atoms with Crippen molar-refractivity contribution in [1.29, 1.82) is 0 Å². The second kappa shape index (κ2) is 11.6. The molecule has 0 aliphatic rings. The Balaban J connectivity index is 3.19. The summed E-state index contributed by atoms with van der Waals surface area (Å²) in [7, 11) is 0. The van der Waals surface area contributed by atoms with Crippen LogP contribution in [0.1, 0.15) is 79.1 Å². The van der Waals surface area contributed by atoms with Crippen LogP contribution in [-0.2, 0) is 9.53 Å². The van der Waals surface area contributed by atoms with Gasteiger partial charge in [0.15, 0.2) is 0 Å². The molecule has 0 rings (SSSR count). The van der Waals surface area contributed by atoms with E-state index in [0.717, 1.165) is 18.8 Å². The summed E-state index contributed by atoms with van der Waals surface area (Å²) in [5.74, 6) is 0.862. The van der Waals surface area contributed by atoms with E-state index in [0.29, 0.717) is 6.61 Å². The van der Waals surface area contributed by atoms with Crippen molar-refractivity contribution >= 4 is 5.97 Å². The molecule has 0 aromatic rings. The average Bonchev–Trinajstić information content (AvgIpc) is 2.35. The summed E-state index contributed by atoms with van der Waals surface area (Å²) < 4.78 is 5.21. The normalized spacial score (nSPS) is 12.7. The standard InChI is InChI=1S/C16H32O2/c1-5-15(4)16(17)18-13-11-9-7-6-8-10-12-14(2)3/h14-15H,5-13H2,1-4H3. The first kappa shape index (κ1) is 17.5. The van der Waals surface area contributed by atoms with Gasteiger partial charge in [0.05, 0.1) is 12.5 Å². The first-order valence-corrected chi connectivity index (χ1v) is 7.74. The minimum atomic E-state index is -0.0329. The van der Waals surface area contributed by atoms with E-state index in [1.165, 1.54) is 38.5 Å². The Morgan fingerprint density at radius 2 is 1.50 bits per heavy atom. The van der Waals surface area contributed by atoms with Crippen molar-refractivity contribution in [3.05, 3.63) is 0 Å². The van der Waals surface area contributed by atoms with Crippen LogP contribution in [-0.4, -0.2) is 12.6 Å². The summed E-state index contributed by atoms with van der Waals surface area (Å²) in [5.41, 5.74) is 0. The molecule has 0 spiro atoms. The average molecular weight is 256 g/mol. The van der Waals surface area contributed by atoms with E-state index in [1.54, 1.807) is 0 Å². The van der Waals surface area contributed by atoms with Crippen molar-refractivity contribution in [2.75, 3.05) is 6.61 Å². The number of ether oxygens (including phenoxy) is 1. The van der Waals surface area contributed by atoms with E-state index in [4.69, 9.17) is 4.74 Å². The summed E-state index contributed by atoms with van der Waals surface area (Å²) in [6, 6.07) is 0. The molecule has 0 amide bonds. The Hall–Kier alpha value is -0.530. The molecule has 0 heterocycles. The molecule has 2 nitrogen and oxygen atoms in total. The van der Waals surface area contributed by atoms with E-state index < -0.39 is 0 Å². The van der Waals surface area contributed by atoms with Gasteiger partial charge < -0.3 is 4.74 Å². The molecule has 0 aliphatic carbocycles. The van der Waals surface area contributed by atoms with E-state index >= 15 is 0 Å².